The first kappa shape index (κ1) is 14.7. The zero-order valence-corrected chi connectivity index (χ0v) is 13.4. The van der Waals surface area contributed by atoms with Crippen LogP contribution >= 0.6 is 11.3 Å². The summed E-state index contributed by atoms with van der Waals surface area (Å²) in [4.78, 5) is 14.4. The quantitative estimate of drug-likeness (QED) is 0.908. The van der Waals surface area contributed by atoms with E-state index >= 15 is 0 Å². The Bertz CT molecular complexity index is 495. The van der Waals surface area contributed by atoms with E-state index in [0.717, 1.165) is 44.0 Å². The van der Waals surface area contributed by atoms with Gasteiger partial charge in [0.1, 0.15) is 5.01 Å². The average molecular weight is 310 g/mol. The fourth-order valence-electron chi connectivity index (χ4n) is 2.47. The molecule has 1 aromatic heterocycles. The summed E-state index contributed by atoms with van der Waals surface area (Å²) in [5.41, 5.74) is 0. The summed E-state index contributed by atoms with van der Waals surface area (Å²) in [5.74, 6) is 0.806. The minimum Gasteiger partial charge on any atom is -0.381 e. The molecule has 6 nitrogen and oxygen atoms in total. The van der Waals surface area contributed by atoms with Crippen molar-refractivity contribution in [2.45, 2.75) is 45.1 Å². The Morgan fingerprint density at radius 2 is 2.24 bits per heavy atom. The third-order valence-electron chi connectivity index (χ3n) is 3.88. The molecular formula is C14H22N4O2S. The second kappa shape index (κ2) is 6.27. The van der Waals surface area contributed by atoms with E-state index in [-0.39, 0.29) is 6.03 Å². The van der Waals surface area contributed by atoms with E-state index in [4.69, 9.17) is 4.74 Å². The largest absolute Gasteiger partial charge is 0.381 e. The van der Waals surface area contributed by atoms with Crippen molar-refractivity contribution < 1.29 is 9.53 Å². The molecule has 3 rings (SSSR count). The second-order valence-corrected chi connectivity index (χ2v) is 7.15. The monoisotopic (exact) mass is 310 g/mol. The van der Waals surface area contributed by atoms with Crippen molar-refractivity contribution in [1.29, 1.82) is 0 Å². The molecule has 1 aromatic rings. The lowest BCUT2D eigenvalue weighted by Gasteiger charge is -2.24. The van der Waals surface area contributed by atoms with Gasteiger partial charge in [-0.2, -0.15) is 0 Å². The standard InChI is InChI=1S/C14H22N4O2S/c1-9(2)12-16-17-13(21-12)15-14(19)18(11-3-4-11)7-10-5-6-20-8-10/h9-11H,3-8H2,1-2H3,(H,15,17,19). The fourth-order valence-corrected chi connectivity index (χ4v) is 3.21. The van der Waals surface area contributed by atoms with Crippen LogP contribution in [0.1, 0.15) is 44.0 Å². The highest BCUT2D eigenvalue weighted by Gasteiger charge is 2.35. The number of nitrogens with one attached hydrogen (secondary N) is 1. The smallest absolute Gasteiger partial charge is 0.323 e. The van der Waals surface area contributed by atoms with Gasteiger partial charge in [0.15, 0.2) is 0 Å². The Balaban J connectivity index is 1.60. The van der Waals surface area contributed by atoms with Crippen LogP contribution in [0.15, 0.2) is 0 Å². The minimum absolute atomic E-state index is 0.0455. The lowest BCUT2D eigenvalue weighted by Crippen LogP contribution is -2.40. The second-order valence-electron chi connectivity index (χ2n) is 6.14. The van der Waals surface area contributed by atoms with Crippen molar-refractivity contribution in [1.82, 2.24) is 15.1 Å². The number of nitrogens with zero attached hydrogens (tertiary/aromatic N) is 3. The van der Waals surface area contributed by atoms with Gasteiger partial charge in [0.25, 0.3) is 0 Å². The predicted molar refractivity (Wildman–Crippen MR) is 81.7 cm³/mol. The van der Waals surface area contributed by atoms with Crippen molar-refractivity contribution in [3.05, 3.63) is 5.01 Å². The number of amides is 2. The number of urea groups is 1. The van der Waals surface area contributed by atoms with E-state index in [1.807, 2.05) is 4.90 Å². The molecule has 1 saturated heterocycles. The molecule has 1 atom stereocenters. The third-order valence-corrected chi connectivity index (χ3v) is 5.02. The van der Waals surface area contributed by atoms with E-state index < -0.39 is 0 Å². The van der Waals surface area contributed by atoms with Crippen LogP contribution < -0.4 is 5.32 Å². The molecule has 116 valence electrons. The summed E-state index contributed by atoms with van der Waals surface area (Å²) in [6.45, 7) is 6.52. The highest BCUT2D eigenvalue weighted by atomic mass is 32.1. The van der Waals surface area contributed by atoms with Crippen molar-refractivity contribution in [3.8, 4) is 0 Å². The Kier molecular flexibility index (Phi) is 4.40. The highest BCUT2D eigenvalue weighted by molar-refractivity contribution is 7.15. The average Bonchev–Trinajstić information content (AvgIpc) is 2.97. The third kappa shape index (κ3) is 3.71. The van der Waals surface area contributed by atoms with Crippen LogP contribution in [0.2, 0.25) is 0 Å². The summed E-state index contributed by atoms with van der Waals surface area (Å²) < 4.78 is 5.41. The Morgan fingerprint density at radius 1 is 1.43 bits per heavy atom. The molecule has 2 amide bonds. The maximum absolute atomic E-state index is 12.5. The molecule has 7 heteroatoms. The van der Waals surface area contributed by atoms with Gasteiger partial charge in [-0.3, -0.25) is 5.32 Å². The number of ether oxygens (including phenoxy) is 1. The number of carbonyl (C=O) groups is 1. The summed E-state index contributed by atoms with van der Waals surface area (Å²) in [7, 11) is 0. The zero-order chi connectivity index (χ0) is 14.8. The molecule has 0 radical (unpaired) electrons. The number of hydrogen-bond donors (Lipinski definition) is 1. The van der Waals surface area contributed by atoms with Crippen molar-refractivity contribution >= 4 is 22.5 Å². The molecule has 0 spiro atoms. The Labute approximate surface area is 128 Å². The molecule has 21 heavy (non-hydrogen) atoms. The van der Waals surface area contributed by atoms with Gasteiger partial charge >= 0.3 is 6.03 Å². The lowest BCUT2D eigenvalue weighted by molar-refractivity contribution is 0.167. The van der Waals surface area contributed by atoms with Gasteiger partial charge in [-0.05, 0) is 19.3 Å². The van der Waals surface area contributed by atoms with Crippen LogP contribution in [0.5, 0.6) is 0 Å². The van der Waals surface area contributed by atoms with Crippen LogP contribution in [0.25, 0.3) is 0 Å². The van der Waals surface area contributed by atoms with Gasteiger partial charge in [-0.25, -0.2) is 4.79 Å². The van der Waals surface area contributed by atoms with E-state index in [1.165, 1.54) is 11.3 Å². The number of rotatable bonds is 5. The van der Waals surface area contributed by atoms with Crippen molar-refractivity contribution in [2.24, 2.45) is 5.92 Å². The zero-order valence-electron chi connectivity index (χ0n) is 12.5. The molecule has 1 aliphatic carbocycles. The molecule has 2 fully saturated rings. The first-order valence-corrected chi connectivity index (χ1v) is 8.44. The van der Waals surface area contributed by atoms with Gasteiger partial charge < -0.3 is 9.64 Å². The number of hydrogen-bond acceptors (Lipinski definition) is 5. The number of aromatic nitrogens is 2. The van der Waals surface area contributed by atoms with Crippen molar-refractivity contribution in [3.63, 3.8) is 0 Å². The maximum Gasteiger partial charge on any atom is 0.323 e. The summed E-state index contributed by atoms with van der Waals surface area (Å²) in [6, 6.07) is 0.346. The summed E-state index contributed by atoms with van der Waals surface area (Å²) >= 11 is 1.46. The van der Waals surface area contributed by atoms with Crippen LogP contribution in [0.3, 0.4) is 0 Å². The molecule has 0 bridgehead atoms. The van der Waals surface area contributed by atoms with Gasteiger partial charge in [0, 0.05) is 31.0 Å². The first-order valence-electron chi connectivity index (χ1n) is 7.62. The summed E-state index contributed by atoms with van der Waals surface area (Å²) in [5, 5.41) is 12.6. The normalized spacial score (nSPS) is 21.8. The van der Waals surface area contributed by atoms with E-state index in [0.29, 0.717) is 23.0 Å². The predicted octanol–water partition coefficient (Wildman–Crippen LogP) is 2.69. The van der Waals surface area contributed by atoms with Crippen molar-refractivity contribution in [2.75, 3.05) is 25.1 Å². The molecular weight excluding hydrogens is 288 g/mol. The maximum atomic E-state index is 12.5. The van der Waals surface area contributed by atoms with E-state index in [9.17, 15) is 4.79 Å². The summed E-state index contributed by atoms with van der Waals surface area (Å²) in [6.07, 6.45) is 3.26. The molecule has 1 unspecified atom stereocenters. The Hall–Kier alpha value is -1.21. The van der Waals surface area contributed by atoms with E-state index in [1.54, 1.807) is 0 Å². The first-order chi connectivity index (χ1) is 10.1. The molecule has 2 heterocycles. The SMILES string of the molecule is CC(C)c1nnc(NC(=O)N(CC2CCOC2)C2CC2)s1. The molecule has 0 aromatic carbocycles. The molecule has 1 N–H and O–H groups in total. The fraction of sp³-hybridized carbons (Fsp3) is 0.786. The minimum atomic E-state index is -0.0455. The van der Waals surface area contributed by atoms with Gasteiger partial charge in [0.2, 0.25) is 5.13 Å². The van der Waals surface area contributed by atoms with Gasteiger partial charge in [0.05, 0.1) is 6.61 Å². The molecule has 1 saturated carbocycles. The highest BCUT2D eigenvalue weighted by Crippen LogP contribution is 2.30. The molecule has 2 aliphatic rings. The van der Waals surface area contributed by atoms with Gasteiger partial charge in [-0.15, -0.1) is 10.2 Å². The van der Waals surface area contributed by atoms with E-state index in [2.05, 4.69) is 29.4 Å². The van der Waals surface area contributed by atoms with Crippen LogP contribution in [-0.4, -0.2) is 46.9 Å². The number of anilines is 1. The molecule has 1 aliphatic heterocycles. The van der Waals surface area contributed by atoms with Crippen LogP contribution in [0, 0.1) is 5.92 Å². The Morgan fingerprint density at radius 3 is 2.81 bits per heavy atom. The number of carbonyl (C=O) groups excluding carboxylic acids is 1. The lowest BCUT2D eigenvalue weighted by atomic mass is 10.1. The van der Waals surface area contributed by atoms with Gasteiger partial charge in [-0.1, -0.05) is 25.2 Å². The van der Waals surface area contributed by atoms with Crippen LogP contribution in [-0.2, 0) is 4.74 Å². The van der Waals surface area contributed by atoms with Crippen LogP contribution in [0.4, 0.5) is 9.93 Å². The topological polar surface area (TPSA) is 67.4 Å².